The molecule has 0 bridgehead atoms. The van der Waals surface area contributed by atoms with E-state index in [2.05, 4.69) is 5.92 Å². The van der Waals surface area contributed by atoms with Crippen molar-refractivity contribution in [2.75, 3.05) is 13.1 Å². The summed E-state index contributed by atoms with van der Waals surface area (Å²) in [5.74, 6) is 1.46. The van der Waals surface area contributed by atoms with Crippen molar-refractivity contribution >= 4 is 11.9 Å². The van der Waals surface area contributed by atoms with Gasteiger partial charge in [-0.1, -0.05) is 24.1 Å². The summed E-state index contributed by atoms with van der Waals surface area (Å²) >= 11 is 0. The fourth-order valence-corrected chi connectivity index (χ4v) is 2.01. The largest absolute Gasteiger partial charge is 0.480 e. The number of hydrogen-bond donors (Lipinski definition) is 1. The molecule has 5 nitrogen and oxygen atoms in total. The summed E-state index contributed by atoms with van der Waals surface area (Å²) in [6, 6.07) is 7.35. The lowest BCUT2D eigenvalue weighted by Crippen LogP contribution is -2.44. The van der Waals surface area contributed by atoms with E-state index in [1.165, 1.54) is 0 Å². The molecule has 1 aromatic carbocycles. The molecule has 0 fully saturated rings. The molecule has 0 aliphatic carbocycles. The van der Waals surface area contributed by atoms with Crippen LogP contribution in [0.4, 0.5) is 0 Å². The highest BCUT2D eigenvalue weighted by Gasteiger charge is 2.32. The standard InChI is InChI=1S/C14H13NO4/c1-2-7-15(9-13(16)17)14(18)12-8-10-5-3-4-6-11(10)19-12/h1,3-6,12H,7-9H2,(H,16,17). The van der Waals surface area contributed by atoms with Gasteiger partial charge in [-0.25, -0.2) is 0 Å². The molecule has 1 aliphatic rings. The van der Waals surface area contributed by atoms with E-state index in [4.69, 9.17) is 16.3 Å². The summed E-state index contributed by atoms with van der Waals surface area (Å²) in [6.45, 7) is -0.458. The number of terminal acetylenes is 1. The predicted molar refractivity (Wildman–Crippen MR) is 67.6 cm³/mol. The first kappa shape index (κ1) is 13.0. The third-order valence-corrected chi connectivity index (χ3v) is 2.84. The maximum Gasteiger partial charge on any atom is 0.323 e. The summed E-state index contributed by atoms with van der Waals surface area (Å²) in [4.78, 5) is 24.0. The summed E-state index contributed by atoms with van der Waals surface area (Å²) in [5, 5.41) is 8.77. The SMILES string of the molecule is C#CCN(CC(=O)O)C(=O)C1Cc2ccccc2O1. The second-order valence-corrected chi connectivity index (χ2v) is 4.21. The van der Waals surface area contributed by atoms with Crippen LogP contribution in [0.2, 0.25) is 0 Å². The van der Waals surface area contributed by atoms with Crippen LogP contribution in [0.15, 0.2) is 24.3 Å². The number of carboxylic acid groups (broad SMARTS) is 1. The van der Waals surface area contributed by atoms with Gasteiger partial charge in [0.15, 0.2) is 6.10 Å². The molecule has 1 aromatic rings. The van der Waals surface area contributed by atoms with Crippen molar-refractivity contribution in [3.8, 4) is 18.1 Å². The highest BCUT2D eigenvalue weighted by Crippen LogP contribution is 2.28. The van der Waals surface area contributed by atoms with Gasteiger partial charge >= 0.3 is 5.97 Å². The third kappa shape index (κ3) is 2.86. The number of nitrogens with zero attached hydrogens (tertiary/aromatic N) is 1. The average molecular weight is 259 g/mol. The molecule has 19 heavy (non-hydrogen) atoms. The molecular formula is C14H13NO4. The summed E-state index contributed by atoms with van der Waals surface area (Å²) in [6.07, 6.45) is 4.90. The number of carbonyl (C=O) groups is 2. The van der Waals surface area contributed by atoms with E-state index < -0.39 is 24.5 Å². The Morgan fingerprint density at radius 3 is 2.84 bits per heavy atom. The second kappa shape index (κ2) is 5.44. The quantitative estimate of drug-likeness (QED) is 0.801. The number of para-hydroxylation sites is 1. The van der Waals surface area contributed by atoms with Crippen molar-refractivity contribution in [1.82, 2.24) is 4.90 Å². The number of benzene rings is 1. The highest BCUT2D eigenvalue weighted by molar-refractivity contribution is 5.86. The van der Waals surface area contributed by atoms with Gasteiger partial charge in [0, 0.05) is 6.42 Å². The van der Waals surface area contributed by atoms with Gasteiger partial charge in [-0.05, 0) is 11.6 Å². The minimum atomic E-state index is -1.10. The molecule has 0 saturated carbocycles. The molecule has 1 atom stereocenters. The van der Waals surface area contributed by atoms with E-state index in [1.807, 2.05) is 18.2 Å². The molecule has 1 amide bonds. The lowest BCUT2D eigenvalue weighted by Gasteiger charge is -2.21. The summed E-state index contributed by atoms with van der Waals surface area (Å²) in [5.41, 5.74) is 0.942. The number of amides is 1. The zero-order chi connectivity index (χ0) is 13.8. The lowest BCUT2D eigenvalue weighted by atomic mass is 10.1. The van der Waals surface area contributed by atoms with Gasteiger partial charge < -0.3 is 14.7 Å². The molecule has 5 heteroatoms. The zero-order valence-electron chi connectivity index (χ0n) is 10.2. The molecule has 1 unspecified atom stereocenters. The van der Waals surface area contributed by atoms with Crippen LogP contribution in [0, 0.1) is 12.3 Å². The second-order valence-electron chi connectivity index (χ2n) is 4.21. The number of carboxylic acids is 1. The predicted octanol–water partition coefficient (Wildman–Crippen LogP) is 0.536. The monoisotopic (exact) mass is 259 g/mol. The molecule has 1 heterocycles. The maximum absolute atomic E-state index is 12.2. The number of ether oxygens (including phenoxy) is 1. The van der Waals surface area contributed by atoms with Crippen molar-refractivity contribution < 1.29 is 19.4 Å². The lowest BCUT2D eigenvalue weighted by molar-refractivity contribution is -0.146. The van der Waals surface area contributed by atoms with Crippen LogP contribution in [-0.2, 0) is 16.0 Å². The van der Waals surface area contributed by atoms with Crippen molar-refractivity contribution in [3.05, 3.63) is 29.8 Å². The van der Waals surface area contributed by atoms with Gasteiger partial charge in [-0.2, -0.15) is 0 Å². The average Bonchev–Trinajstić information content (AvgIpc) is 2.80. The topological polar surface area (TPSA) is 66.8 Å². The van der Waals surface area contributed by atoms with Crippen LogP contribution in [0.25, 0.3) is 0 Å². The Morgan fingerprint density at radius 1 is 1.47 bits per heavy atom. The fraction of sp³-hybridized carbons (Fsp3) is 0.286. The molecule has 1 N–H and O–H groups in total. The number of aliphatic carboxylic acids is 1. The Hall–Kier alpha value is -2.48. The first-order valence-corrected chi connectivity index (χ1v) is 5.80. The first-order valence-electron chi connectivity index (χ1n) is 5.80. The number of hydrogen-bond acceptors (Lipinski definition) is 3. The number of carbonyl (C=O) groups excluding carboxylic acids is 1. The number of fused-ring (bicyclic) bond motifs is 1. The van der Waals surface area contributed by atoms with Gasteiger partial charge in [-0.3, -0.25) is 9.59 Å². The minimum Gasteiger partial charge on any atom is -0.480 e. The maximum atomic E-state index is 12.2. The van der Waals surface area contributed by atoms with E-state index in [1.54, 1.807) is 6.07 Å². The van der Waals surface area contributed by atoms with Crippen LogP contribution in [0.3, 0.4) is 0 Å². The fourth-order valence-electron chi connectivity index (χ4n) is 2.01. The molecule has 2 rings (SSSR count). The van der Waals surface area contributed by atoms with Crippen molar-refractivity contribution in [1.29, 1.82) is 0 Å². The van der Waals surface area contributed by atoms with Gasteiger partial charge in [0.05, 0.1) is 6.54 Å². The molecule has 0 spiro atoms. The Bertz CT molecular complexity index is 522. The van der Waals surface area contributed by atoms with Gasteiger partial charge in [0.2, 0.25) is 0 Å². The highest BCUT2D eigenvalue weighted by atomic mass is 16.5. The van der Waals surface area contributed by atoms with Crippen LogP contribution >= 0.6 is 0 Å². The van der Waals surface area contributed by atoms with Crippen LogP contribution in [0.5, 0.6) is 5.75 Å². The van der Waals surface area contributed by atoms with Crippen LogP contribution in [0.1, 0.15) is 5.56 Å². The van der Waals surface area contributed by atoms with Crippen LogP contribution in [-0.4, -0.2) is 41.1 Å². The molecular weight excluding hydrogens is 246 g/mol. The zero-order valence-corrected chi connectivity index (χ0v) is 10.2. The van der Waals surface area contributed by atoms with Crippen LogP contribution < -0.4 is 4.74 Å². The third-order valence-electron chi connectivity index (χ3n) is 2.84. The molecule has 0 radical (unpaired) electrons. The molecule has 98 valence electrons. The number of rotatable bonds is 4. The van der Waals surface area contributed by atoms with E-state index >= 15 is 0 Å². The summed E-state index contributed by atoms with van der Waals surface area (Å²) < 4.78 is 5.52. The molecule has 1 aliphatic heterocycles. The van der Waals surface area contributed by atoms with E-state index in [-0.39, 0.29) is 6.54 Å². The van der Waals surface area contributed by atoms with E-state index in [0.717, 1.165) is 10.5 Å². The van der Waals surface area contributed by atoms with Gasteiger partial charge in [-0.15, -0.1) is 6.42 Å². The first-order chi connectivity index (χ1) is 9.11. The van der Waals surface area contributed by atoms with Crippen molar-refractivity contribution in [2.24, 2.45) is 0 Å². The van der Waals surface area contributed by atoms with E-state index in [9.17, 15) is 9.59 Å². The minimum absolute atomic E-state index is 0.0403. The Kier molecular flexibility index (Phi) is 3.71. The van der Waals surface area contributed by atoms with Gasteiger partial charge in [0.25, 0.3) is 5.91 Å². The Morgan fingerprint density at radius 2 is 2.21 bits per heavy atom. The normalized spacial score (nSPS) is 16.1. The van der Waals surface area contributed by atoms with E-state index in [0.29, 0.717) is 12.2 Å². The van der Waals surface area contributed by atoms with Gasteiger partial charge in [0.1, 0.15) is 12.3 Å². The van der Waals surface area contributed by atoms with Crippen molar-refractivity contribution in [3.63, 3.8) is 0 Å². The Balaban J connectivity index is 2.08. The molecule has 0 aromatic heterocycles. The smallest absolute Gasteiger partial charge is 0.323 e. The molecule has 0 saturated heterocycles. The Labute approximate surface area is 110 Å². The van der Waals surface area contributed by atoms with Crippen molar-refractivity contribution in [2.45, 2.75) is 12.5 Å². The summed E-state index contributed by atoms with van der Waals surface area (Å²) in [7, 11) is 0.